The van der Waals surface area contributed by atoms with Crippen LogP contribution in [0.4, 0.5) is 0 Å². The number of hydrogen-bond acceptors (Lipinski definition) is 2. The van der Waals surface area contributed by atoms with Crippen LogP contribution in [0.1, 0.15) is 53.4 Å². The van der Waals surface area contributed by atoms with Crippen molar-refractivity contribution in [3.63, 3.8) is 0 Å². The van der Waals surface area contributed by atoms with Gasteiger partial charge in [-0.3, -0.25) is 0 Å². The topological polar surface area (TPSA) is 35.2 Å². The zero-order valence-electron chi connectivity index (χ0n) is 11.0. The van der Waals surface area contributed by atoms with Gasteiger partial charge in [0.1, 0.15) is 0 Å². The van der Waals surface area contributed by atoms with Gasteiger partial charge in [0, 0.05) is 13.2 Å². The maximum absolute atomic E-state index is 5.57. The van der Waals surface area contributed by atoms with Crippen LogP contribution in [0.3, 0.4) is 0 Å². The smallest absolute Gasteiger partial charge is 0.0468 e. The van der Waals surface area contributed by atoms with E-state index in [2.05, 4.69) is 27.7 Å². The number of hydrogen-bond donors (Lipinski definition) is 1. The molecule has 1 unspecified atom stereocenters. The van der Waals surface area contributed by atoms with E-state index >= 15 is 0 Å². The summed E-state index contributed by atoms with van der Waals surface area (Å²) < 4.78 is 5.57. The summed E-state index contributed by atoms with van der Waals surface area (Å²) in [6.07, 6.45) is 4.64. The third-order valence-corrected chi connectivity index (χ3v) is 2.46. The second kappa shape index (κ2) is 8.12. The summed E-state index contributed by atoms with van der Waals surface area (Å²) in [6.45, 7) is 11.8. The SMILES string of the molecule is CC(CCOCCCCN)CC(C)(C)C. The fourth-order valence-electron chi connectivity index (χ4n) is 1.88. The highest BCUT2D eigenvalue weighted by atomic mass is 16.5. The molecule has 0 fully saturated rings. The maximum Gasteiger partial charge on any atom is 0.0468 e. The van der Waals surface area contributed by atoms with Crippen molar-refractivity contribution in [3.05, 3.63) is 0 Å². The van der Waals surface area contributed by atoms with Crippen LogP contribution in [0.5, 0.6) is 0 Å². The summed E-state index contributed by atoms with van der Waals surface area (Å²) in [5.74, 6) is 0.763. The second-order valence-electron chi connectivity index (χ2n) is 5.77. The van der Waals surface area contributed by atoms with Crippen LogP contribution in [-0.2, 0) is 4.74 Å². The van der Waals surface area contributed by atoms with Crippen molar-refractivity contribution < 1.29 is 4.74 Å². The van der Waals surface area contributed by atoms with Gasteiger partial charge in [-0.25, -0.2) is 0 Å². The Bertz CT molecular complexity index is 140. The molecule has 0 aliphatic heterocycles. The molecule has 0 aromatic heterocycles. The fraction of sp³-hybridized carbons (Fsp3) is 1.00. The molecule has 0 heterocycles. The van der Waals surface area contributed by atoms with E-state index in [-0.39, 0.29) is 0 Å². The predicted octanol–water partition coefficient (Wildman–Crippen LogP) is 3.20. The van der Waals surface area contributed by atoms with Crippen molar-refractivity contribution in [2.75, 3.05) is 19.8 Å². The number of rotatable bonds is 8. The average molecular weight is 215 g/mol. The summed E-state index contributed by atoms with van der Waals surface area (Å²) in [6, 6.07) is 0. The Morgan fingerprint density at radius 3 is 2.33 bits per heavy atom. The monoisotopic (exact) mass is 215 g/mol. The van der Waals surface area contributed by atoms with Gasteiger partial charge >= 0.3 is 0 Å². The van der Waals surface area contributed by atoms with Crippen LogP contribution in [0.15, 0.2) is 0 Å². The van der Waals surface area contributed by atoms with E-state index in [1.54, 1.807) is 0 Å². The molecule has 0 aromatic carbocycles. The van der Waals surface area contributed by atoms with Crippen molar-refractivity contribution in [1.82, 2.24) is 0 Å². The lowest BCUT2D eigenvalue weighted by molar-refractivity contribution is 0.112. The third-order valence-electron chi connectivity index (χ3n) is 2.46. The molecule has 0 saturated heterocycles. The molecule has 92 valence electrons. The van der Waals surface area contributed by atoms with Crippen molar-refractivity contribution in [3.8, 4) is 0 Å². The van der Waals surface area contributed by atoms with Crippen LogP contribution in [-0.4, -0.2) is 19.8 Å². The Hall–Kier alpha value is -0.0800. The van der Waals surface area contributed by atoms with E-state index in [0.29, 0.717) is 5.41 Å². The molecule has 15 heavy (non-hydrogen) atoms. The zero-order chi connectivity index (χ0) is 11.7. The molecular weight excluding hydrogens is 186 g/mol. The summed E-state index contributed by atoms with van der Waals surface area (Å²) in [4.78, 5) is 0. The first kappa shape index (κ1) is 14.9. The van der Waals surface area contributed by atoms with Gasteiger partial charge in [0.2, 0.25) is 0 Å². The Morgan fingerprint density at radius 1 is 1.13 bits per heavy atom. The van der Waals surface area contributed by atoms with Crippen LogP contribution >= 0.6 is 0 Å². The van der Waals surface area contributed by atoms with Gasteiger partial charge in [0.25, 0.3) is 0 Å². The molecule has 0 bridgehead atoms. The van der Waals surface area contributed by atoms with Gasteiger partial charge in [0.05, 0.1) is 0 Å². The summed E-state index contributed by atoms with van der Waals surface area (Å²) in [5, 5.41) is 0. The molecule has 0 amide bonds. The van der Waals surface area contributed by atoms with Gasteiger partial charge in [-0.05, 0) is 43.6 Å². The zero-order valence-corrected chi connectivity index (χ0v) is 11.0. The summed E-state index contributed by atoms with van der Waals surface area (Å²) >= 11 is 0. The minimum Gasteiger partial charge on any atom is -0.381 e. The normalized spacial score (nSPS) is 14.2. The van der Waals surface area contributed by atoms with Gasteiger partial charge in [0.15, 0.2) is 0 Å². The molecular formula is C13H29NO. The van der Waals surface area contributed by atoms with Gasteiger partial charge in [-0.15, -0.1) is 0 Å². The van der Waals surface area contributed by atoms with Crippen molar-refractivity contribution in [2.45, 2.75) is 53.4 Å². The minimum absolute atomic E-state index is 0.443. The molecule has 1 atom stereocenters. The van der Waals surface area contributed by atoms with Gasteiger partial charge < -0.3 is 10.5 Å². The average Bonchev–Trinajstić information content (AvgIpc) is 2.08. The molecule has 0 aromatic rings. The first-order chi connectivity index (χ1) is 6.95. The quantitative estimate of drug-likeness (QED) is 0.631. The van der Waals surface area contributed by atoms with Crippen LogP contribution in [0.25, 0.3) is 0 Å². The highest BCUT2D eigenvalue weighted by molar-refractivity contribution is 4.66. The highest BCUT2D eigenvalue weighted by Gasteiger charge is 2.14. The minimum atomic E-state index is 0.443. The number of unbranched alkanes of at least 4 members (excludes halogenated alkanes) is 1. The lowest BCUT2D eigenvalue weighted by Crippen LogP contribution is -2.13. The molecule has 0 radical (unpaired) electrons. The lowest BCUT2D eigenvalue weighted by atomic mass is 9.84. The first-order valence-corrected chi connectivity index (χ1v) is 6.23. The van der Waals surface area contributed by atoms with Crippen LogP contribution < -0.4 is 5.73 Å². The molecule has 2 nitrogen and oxygen atoms in total. The van der Waals surface area contributed by atoms with E-state index < -0.39 is 0 Å². The van der Waals surface area contributed by atoms with E-state index in [1.807, 2.05) is 0 Å². The highest BCUT2D eigenvalue weighted by Crippen LogP contribution is 2.25. The van der Waals surface area contributed by atoms with Crippen LogP contribution in [0, 0.1) is 11.3 Å². The standard InChI is InChI=1S/C13H29NO/c1-12(11-13(2,3)4)7-10-15-9-6-5-8-14/h12H,5-11,14H2,1-4H3. The predicted molar refractivity (Wildman–Crippen MR) is 67.0 cm³/mol. The fourth-order valence-corrected chi connectivity index (χ4v) is 1.88. The number of nitrogens with two attached hydrogens (primary N) is 1. The van der Waals surface area contributed by atoms with Crippen molar-refractivity contribution in [1.29, 1.82) is 0 Å². The molecule has 0 spiro atoms. The van der Waals surface area contributed by atoms with Gasteiger partial charge in [-0.1, -0.05) is 27.7 Å². The molecule has 0 saturated carbocycles. The molecule has 0 aliphatic rings. The Labute approximate surface area is 95.6 Å². The van der Waals surface area contributed by atoms with E-state index in [0.717, 1.165) is 38.5 Å². The van der Waals surface area contributed by atoms with E-state index in [1.165, 1.54) is 12.8 Å². The Kier molecular flexibility index (Phi) is 8.07. The van der Waals surface area contributed by atoms with Crippen LogP contribution in [0.2, 0.25) is 0 Å². The molecule has 2 heteroatoms. The Balaban J connectivity index is 3.28. The number of ether oxygens (including phenoxy) is 1. The second-order valence-corrected chi connectivity index (χ2v) is 5.77. The van der Waals surface area contributed by atoms with Crippen molar-refractivity contribution in [2.24, 2.45) is 17.1 Å². The van der Waals surface area contributed by atoms with Gasteiger partial charge in [-0.2, -0.15) is 0 Å². The molecule has 2 N–H and O–H groups in total. The van der Waals surface area contributed by atoms with E-state index in [4.69, 9.17) is 10.5 Å². The largest absolute Gasteiger partial charge is 0.381 e. The first-order valence-electron chi connectivity index (χ1n) is 6.23. The summed E-state index contributed by atoms with van der Waals surface area (Å²) in [5.41, 5.74) is 5.85. The molecule has 0 rings (SSSR count). The Morgan fingerprint density at radius 2 is 1.80 bits per heavy atom. The summed E-state index contributed by atoms with van der Waals surface area (Å²) in [7, 11) is 0. The third kappa shape index (κ3) is 11.8. The maximum atomic E-state index is 5.57. The molecule has 0 aliphatic carbocycles. The lowest BCUT2D eigenvalue weighted by Gasteiger charge is -2.23. The van der Waals surface area contributed by atoms with Crippen molar-refractivity contribution >= 4 is 0 Å². The van der Waals surface area contributed by atoms with E-state index in [9.17, 15) is 0 Å².